The molecular formula is C28H22Cl2F3N3O3. The molecule has 0 aliphatic carbocycles. The molecule has 1 saturated heterocycles. The van der Waals surface area contributed by atoms with Gasteiger partial charge in [0.2, 0.25) is 0 Å². The molecule has 202 valence electrons. The lowest BCUT2D eigenvalue weighted by atomic mass is 10.0. The molecule has 0 unspecified atom stereocenters. The van der Waals surface area contributed by atoms with Crippen LogP contribution in [0.4, 0.5) is 13.2 Å². The summed E-state index contributed by atoms with van der Waals surface area (Å²) in [6.45, 7) is 1.88. The van der Waals surface area contributed by atoms with E-state index in [9.17, 15) is 18.0 Å². The predicted molar refractivity (Wildman–Crippen MR) is 142 cm³/mol. The molecule has 39 heavy (non-hydrogen) atoms. The molecule has 0 spiro atoms. The Bertz CT molecular complexity index is 1480. The van der Waals surface area contributed by atoms with Gasteiger partial charge in [-0.15, -0.1) is 0 Å². The first kappa shape index (κ1) is 27.1. The van der Waals surface area contributed by atoms with Crippen molar-refractivity contribution in [2.45, 2.75) is 12.8 Å². The van der Waals surface area contributed by atoms with Crippen molar-refractivity contribution in [2.24, 2.45) is 0 Å². The summed E-state index contributed by atoms with van der Waals surface area (Å²) in [6, 6.07) is 19.7. The first-order valence-electron chi connectivity index (χ1n) is 12.0. The topological polar surface area (TPSA) is 56.6 Å². The number of carbonyl (C=O) groups is 1. The molecule has 1 aliphatic rings. The van der Waals surface area contributed by atoms with Crippen molar-refractivity contribution in [1.82, 2.24) is 14.7 Å². The summed E-state index contributed by atoms with van der Waals surface area (Å²) in [7, 11) is 0. The van der Waals surface area contributed by atoms with Crippen LogP contribution in [0, 0.1) is 0 Å². The molecule has 0 radical (unpaired) electrons. The molecule has 2 heterocycles. The Morgan fingerprint density at radius 1 is 0.923 bits per heavy atom. The van der Waals surface area contributed by atoms with Crippen LogP contribution in [0.3, 0.4) is 0 Å². The zero-order valence-corrected chi connectivity index (χ0v) is 21.9. The second-order valence-electron chi connectivity index (χ2n) is 8.79. The lowest BCUT2D eigenvalue weighted by molar-refractivity contribution is -0.141. The van der Waals surface area contributed by atoms with Crippen LogP contribution < -0.4 is 4.74 Å². The highest BCUT2D eigenvalue weighted by Crippen LogP contribution is 2.32. The number of hydrogen-bond acceptors (Lipinski definition) is 4. The summed E-state index contributed by atoms with van der Waals surface area (Å²) in [6.07, 6.45) is -4.62. The van der Waals surface area contributed by atoms with Gasteiger partial charge in [-0.1, -0.05) is 53.5 Å². The van der Waals surface area contributed by atoms with Crippen molar-refractivity contribution >= 4 is 29.1 Å². The van der Waals surface area contributed by atoms with Gasteiger partial charge in [0.05, 0.1) is 40.2 Å². The fraction of sp³-hybridized carbons (Fsp3) is 0.214. The van der Waals surface area contributed by atoms with E-state index in [0.29, 0.717) is 48.3 Å². The highest BCUT2D eigenvalue weighted by molar-refractivity contribution is 6.34. The number of halogens is 5. The van der Waals surface area contributed by atoms with E-state index in [1.54, 1.807) is 65.6 Å². The van der Waals surface area contributed by atoms with E-state index in [-0.39, 0.29) is 23.2 Å². The number of para-hydroxylation sites is 1. The van der Waals surface area contributed by atoms with Gasteiger partial charge in [-0.05, 0) is 53.6 Å². The maximum atomic E-state index is 13.4. The molecular weight excluding hydrogens is 554 g/mol. The lowest BCUT2D eigenvalue weighted by Crippen LogP contribution is -2.40. The largest absolute Gasteiger partial charge is 0.487 e. The molecule has 0 N–H and O–H groups in total. The standard InChI is InChI=1S/C28H22Cl2F3N3O3/c29-23-3-1-2-4-25(23)36-20(16-26(34-36)28(31,32)33)17-39-21-8-5-18(6-9-21)19-7-10-22(24(30)15-19)27(37)35-11-13-38-14-12-35/h1-10,15-16H,11-14,17H2. The summed E-state index contributed by atoms with van der Waals surface area (Å²) in [5, 5.41) is 4.32. The van der Waals surface area contributed by atoms with Crippen LogP contribution in [-0.4, -0.2) is 46.9 Å². The van der Waals surface area contributed by atoms with Gasteiger partial charge in [-0.2, -0.15) is 18.3 Å². The lowest BCUT2D eigenvalue weighted by Gasteiger charge is -2.27. The van der Waals surface area contributed by atoms with Crippen molar-refractivity contribution in [3.8, 4) is 22.6 Å². The van der Waals surface area contributed by atoms with Gasteiger partial charge in [0, 0.05) is 13.1 Å². The first-order valence-corrected chi connectivity index (χ1v) is 12.8. The van der Waals surface area contributed by atoms with Crippen molar-refractivity contribution in [3.63, 3.8) is 0 Å². The van der Waals surface area contributed by atoms with Crippen LogP contribution in [0.1, 0.15) is 21.7 Å². The number of amides is 1. The third-order valence-electron chi connectivity index (χ3n) is 6.23. The molecule has 11 heteroatoms. The SMILES string of the molecule is O=C(c1ccc(-c2ccc(OCc3cc(C(F)(F)F)nn3-c3ccccc3Cl)cc2)cc1Cl)N1CCOCC1. The van der Waals surface area contributed by atoms with Crippen molar-refractivity contribution in [2.75, 3.05) is 26.3 Å². The molecule has 0 saturated carbocycles. The van der Waals surface area contributed by atoms with Gasteiger partial charge in [-0.3, -0.25) is 4.79 Å². The molecule has 5 rings (SSSR count). The Hall–Kier alpha value is -3.53. The fourth-order valence-electron chi connectivity index (χ4n) is 4.20. The van der Waals surface area contributed by atoms with E-state index in [1.165, 1.54) is 0 Å². The number of hydrogen-bond donors (Lipinski definition) is 0. The number of ether oxygens (including phenoxy) is 2. The third-order valence-corrected chi connectivity index (χ3v) is 6.86. The van der Waals surface area contributed by atoms with Gasteiger partial charge in [0.15, 0.2) is 5.69 Å². The summed E-state index contributed by atoms with van der Waals surface area (Å²) in [5.74, 6) is 0.313. The minimum absolute atomic E-state index is 0.136. The number of aromatic nitrogens is 2. The van der Waals surface area contributed by atoms with Crippen LogP contribution in [0.15, 0.2) is 72.8 Å². The highest BCUT2D eigenvalue weighted by atomic mass is 35.5. The Morgan fingerprint density at radius 3 is 2.28 bits per heavy atom. The predicted octanol–water partition coefficient (Wildman–Crippen LogP) is 6.92. The van der Waals surface area contributed by atoms with Gasteiger partial charge in [0.1, 0.15) is 12.4 Å². The minimum atomic E-state index is -4.62. The number of benzene rings is 3. The minimum Gasteiger partial charge on any atom is -0.487 e. The Balaban J connectivity index is 1.31. The molecule has 0 bridgehead atoms. The summed E-state index contributed by atoms with van der Waals surface area (Å²) in [5.41, 5.74) is 1.52. The van der Waals surface area contributed by atoms with Gasteiger partial charge in [0.25, 0.3) is 5.91 Å². The molecule has 0 atom stereocenters. The maximum Gasteiger partial charge on any atom is 0.435 e. The quantitative estimate of drug-likeness (QED) is 0.250. The van der Waals surface area contributed by atoms with E-state index < -0.39 is 11.9 Å². The highest BCUT2D eigenvalue weighted by Gasteiger charge is 2.35. The first-order chi connectivity index (χ1) is 18.7. The van der Waals surface area contributed by atoms with Crippen LogP contribution in [-0.2, 0) is 17.5 Å². The van der Waals surface area contributed by atoms with Gasteiger partial charge in [-0.25, -0.2) is 4.68 Å². The third kappa shape index (κ3) is 6.06. The molecule has 1 fully saturated rings. The van der Waals surface area contributed by atoms with Crippen molar-refractivity contribution in [3.05, 3.63) is 99.8 Å². The van der Waals surface area contributed by atoms with Gasteiger partial charge >= 0.3 is 6.18 Å². The summed E-state index contributed by atoms with van der Waals surface area (Å²) < 4.78 is 52.4. The smallest absolute Gasteiger partial charge is 0.435 e. The second kappa shape index (κ2) is 11.3. The molecule has 4 aromatic rings. The monoisotopic (exact) mass is 575 g/mol. The Morgan fingerprint density at radius 2 is 1.62 bits per heavy atom. The number of rotatable bonds is 6. The number of morpholine rings is 1. The zero-order chi connectivity index (χ0) is 27.6. The average molecular weight is 576 g/mol. The Kier molecular flexibility index (Phi) is 7.83. The van der Waals surface area contributed by atoms with Crippen LogP contribution >= 0.6 is 23.2 Å². The average Bonchev–Trinajstić information content (AvgIpc) is 3.37. The molecule has 1 aromatic heterocycles. The van der Waals surface area contributed by atoms with E-state index in [0.717, 1.165) is 21.9 Å². The van der Waals surface area contributed by atoms with E-state index >= 15 is 0 Å². The van der Waals surface area contributed by atoms with Crippen molar-refractivity contribution in [1.29, 1.82) is 0 Å². The molecule has 6 nitrogen and oxygen atoms in total. The second-order valence-corrected chi connectivity index (χ2v) is 9.61. The van der Waals surface area contributed by atoms with Crippen LogP contribution in [0.25, 0.3) is 16.8 Å². The van der Waals surface area contributed by atoms with Crippen LogP contribution in [0.2, 0.25) is 10.0 Å². The fourth-order valence-corrected chi connectivity index (χ4v) is 4.68. The van der Waals surface area contributed by atoms with E-state index in [1.807, 2.05) is 6.07 Å². The summed E-state index contributed by atoms with van der Waals surface area (Å²) in [4.78, 5) is 14.5. The molecule has 1 amide bonds. The number of nitrogens with zero attached hydrogens (tertiary/aromatic N) is 3. The van der Waals surface area contributed by atoms with Crippen molar-refractivity contribution < 1.29 is 27.4 Å². The summed E-state index contributed by atoms with van der Waals surface area (Å²) >= 11 is 12.7. The number of alkyl halides is 3. The zero-order valence-electron chi connectivity index (χ0n) is 20.4. The van der Waals surface area contributed by atoms with E-state index in [2.05, 4.69) is 5.10 Å². The van der Waals surface area contributed by atoms with Gasteiger partial charge < -0.3 is 14.4 Å². The van der Waals surface area contributed by atoms with Crippen LogP contribution in [0.5, 0.6) is 5.75 Å². The Labute approximate surface area is 232 Å². The number of carbonyl (C=O) groups excluding carboxylic acids is 1. The normalized spacial score (nSPS) is 13.9. The molecule has 1 aliphatic heterocycles. The maximum absolute atomic E-state index is 13.4. The van der Waals surface area contributed by atoms with E-state index in [4.69, 9.17) is 32.7 Å². The molecule has 3 aromatic carbocycles.